The monoisotopic (exact) mass is 366 g/mol. The summed E-state index contributed by atoms with van der Waals surface area (Å²) in [4.78, 5) is 25.5. The zero-order valence-electron chi connectivity index (χ0n) is 14.6. The van der Waals surface area contributed by atoms with Gasteiger partial charge in [-0.25, -0.2) is 4.79 Å². The molecule has 0 radical (unpaired) electrons. The Morgan fingerprint density at radius 1 is 1.24 bits per heavy atom. The number of urea groups is 1. The summed E-state index contributed by atoms with van der Waals surface area (Å²) in [6.07, 6.45) is 1.26. The number of amides is 2. The highest BCUT2D eigenvalue weighted by Crippen LogP contribution is 2.18. The Labute approximate surface area is 151 Å². The summed E-state index contributed by atoms with van der Waals surface area (Å²) in [6.45, 7) is 3.66. The number of esters is 1. The van der Waals surface area contributed by atoms with Crippen molar-refractivity contribution in [3.8, 4) is 0 Å². The highest BCUT2D eigenvalue weighted by molar-refractivity contribution is 7.84. The molecule has 1 aromatic carbocycles. The van der Waals surface area contributed by atoms with E-state index in [0.717, 1.165) is 5.56 Å². The van der Waals surface area contributed by atoms with Crippen LogP contribution in [-0.2, 0) is 26.1 Å². The maximum atomic E-state index is 12.1. The molecular weight excluding hydrogens is 340 g/mol. The smallest absolute Gasteiger partial charge is 0.317 e. The van der Waals surface area contributed by atoms with E-state index in [2.05, 4.69) is 5.32 Å². The third-order valence-electron chi connectivity index (χ3n) is 4.18. The number of hydrogen-bond donors (Lipinski definition) is 1. The number of likely N-dealkylation sites (tertiary alicyclic amines) is 1. The van der Waals surface area contributed by atoms with Crippen LogP contribution in [0.1, 0.15) is 25.3 Å². The summed E-state index contributed by atoms with van der Waals surface area (Å²) < 4.78 is 17.1. The van der Waals surface area contributed by atoms with E-state index < -0.39 is 10.8 Å². The lowest BCUT2D eigenvalue weighted by Gasteiger charge is -2.30. The van der Waals surface area contributed by atoms with Gasteiger partial charge in [-0.05, 0) is 25.3 Å². The summed E-state index contributed by atoms with van der Waals surface area (Å²) >= 11 is 0. The maximum absolute atomic E-state index is 12.1. The van der Waals surface area contributed by atoms with Crippen LogP contribution >= 0.6 is 0 Å². The van der Waals surface area contributed by atoms with Gasteiger partial charge in [-0.15, -0.1) is 0 Å². The van der Waals surface area contributed by atoms with Gasteiger partial charge in [-0.2, -0.15) is 0 Å². The third kappa shape index (κ3) is 6.49. The molecule has 1 saturated heterocycles. The normalized spacial score (nSPS) is 16.3. The van der Waals surface area contributed by atoms with Crippen LogP contribution in [0.5, 0.6) is 0 Å². The first kappa shape index (κ1) is 19.4. The Morgan fingerprint density at radius 3 is 2.56 bits per heavy atom. The first-order valence-corrected chi connectivity index (χ1v) is 10.2. The van der Waals surface area contributed by atoms with Gasteiger partial charge in [-0.3, -0.25) is 9.00 Å². The van der Waals surface area contributed by atoms with Crippen LogP contribution in [0.25, 0.3) is 0 Å². The molecule has 1 aromatic rings. The molecule has 0 saturated carbocycles. The molecule has 0 aromatic heterocycles. The number of benzene rings is 1. The van der Waals surface area contributed by atoms with Crippen LogP contribution in [0.3, 0.4) is 0 Å². The Hall–Kier alpha value is -1.89. The lowest BCUT2D eigenvalue weighted by Crippen LogP contribution is -2.46. The predicted octanol–water partition coefficient (Wildman–Crippen LogP) is 1.92. The van der Waals surface area contributed by atoms with Gasteiger partial charge in [0.25, 0.3) is 0 Å². The number of carbonyl (C=O) groups excluding carboxylic acids is 2. The zero-order valence-corrected chi connectivity index (χ0v) is 15.4. The lowest BCUT2D eigenvalue weighted by molar-refractivity contribution is -0.149. The molecule has 7 heteroatoms. The molecule has 0 bridgehead atoms. The van der Waals surface area contributed by atoms with E-state index >= 15 is 0 Å². The van der Waals surface area contributed by atoms with Crippen LogP contribution in [0.4, 0.5) is 4.79 Å². The number of ether oxygens (including phenoxy) is 1. The van der Waals surface area contributed by atoms with Crippen molar-refractivity contribution in [3.63, 3.8) is 0 Å². The molecule has 1 fully saturated rings. The zero-order chi connectivity index (χ0) is 18.1. The lowest BCUT2D eigenvalue weighted by atomic mass is 9.97. The fourth-order valence-electron chi connectivity index (χ4n) is 2.79. The van der Waals surface area contributed by atoms with Crippen molar-refractivity contribution in [1.29, 1.82) is 0 Å². The van der Waals surface area contributed by atoms with Crippen molar-refractivity contribution in [2.24, 2.45) is 5.92 Å². The van der Waals surface area contributed by atoms with Crippen LogP contribution in [-0.4, -0.2) is 53.1 Å². The van der Waals surface area contributed by atoms with E-state index in [9.17, 15) is 13.8 Å². The summed E-state index contributed by atoms with van der Waals surface area (Å²) in [5.41, 5.74) is 1.04. The van der Waals surface area contributed by atoms with Crippen molar-refractivity contribution in [2.75, 3.05) is 32.0 Å². The third-order valence-corrected chi connectivity index (χ3v) is 5.49. The Balaban J connectivity index is 1.64. The van der Waals surface area contributed by atoms with Crippen molar-refractivity contribution in [1.82, 2.24) is 10.2 Å². The van der Waals surface area contributed by atoms with Gasteiger partial charge < -0.3 is 15.0 Å². The minimum absolute atomic E-state index is 0.109. The molecule has 1 aliphatic heterocycles. The Bertz CT molecular complexity index is 586. The van der Waals surface area contributed by atoms with Gasteiger partial charge in [0, 0.05) is 41.9 Å². The molecule has 0 aliphatic carbocycles. The van der Waals surface area contributed by atoms with Gasteiger partial charge in [0.2, 0.25) is 0 Å². The summed E-state index contributed by atoms with van der Waals surface area (Å²) in [7, 11) is -1.00. The minimum atomic E-state index is -1.00. The average molecular weight is 366 g/mol. The molecule has 1 N–H and O–H groups in total. The van der Waals surface area contributed by atoms with Gasteiger partial charge in [-0.1, -0.05) is 30.3 Å². The fourth-order valence-corrected chi connectivity index (χ4v) is 3.83. The Kier molecular flexibility index (Phi) is 7.91. The molecule has 2 rings (SSSR count). The van der Waals surface area contributed by atoms with Gasteiger partial charge in [0.15, 0.2) is 0 Å². The number of piperidine rings is 1. The summed E-state index contributed by atoms with van der Waals surface area (Å²) in [5, 5.41) is 2.82. The standard InChI is InChI=1S/C18H26N2O4S/c1-2-24-17(21)16-8-11-20(12-9-16)18(22)19-10-13-25(23)14-15-6-4-3-5-7-15/h3-7,16H,2,8-14H2,1H3,(H,19,22). The molecule has 6 nitrogen and oxygen atoms in total. The number of carbonyl (C=O) groups is 2. The molecule has 1 unspecified atom stereocenters. The van der Waals surface area contributed by atoms with Crippen molar-refractivity contribution in [2.45, 2.75) is 25.5 Å². The second-order valence-corrected chi connectivity index (χ2v) is 7.60. The minimum Gasteiger partial charge on any atom is -0.466 e. The molecule has 138 valence electrons. The summed E-state index contributed by atoms with van der Waals surface area (Å²) in [6, 6.07) is 9.52. The number of hydrogen-bond acceptors (Lipinski definition) is 4. The van der Waals surface area contributed by atoms with Crippen molar-refractivity contribution in [3.05, 3.63) is 35.9 Å². The van der Waals surface area contributed by atoms with Crippen molar-refractivity contribution >= 4 is 22.8 Å². The summed E-state index contributed by atoms with van der Waals surface area (Å²) in [5.74, 6) is 0.655. The van der Waals surface area contributed by atoms with E-state index in [-0.39, 0.29) is 17.9 Å². The SMILES string of the molecule is CCOC(=O)C1CCN(C(=O)NCCS(=O)Cc2ccccc2)CC1. The highest BCUT2D eigenvalue weighted by Gasteiger charge is 2.28. The fraction of sp³-hybridized carbons (Fsp3) is 0.556. The predicted molar refractivity (Wildman–Crippen MR) is 97.5 cm³/mol. The van der Waals surface area contributed by atoms with Crippen LogP contribution in [0.2, 0.25) is 0 Å². The molecule has 2 amide bonds. The molecule has 1 atom stereocenters. The quantitative estimate of drug-likeness (QED) is 0.748. The number of rotatable bonds is 7. The van der Waals surface area contributed by atoms with E-state index in [1.54, 1.807) is 11.8 Å². The van der Waals surface area contributed by atoms with Gasteiger partial charge >= 0.3 is 12.0 Å². The van der Waals surface area contributed by atoms with Crippen LogP contribution in [0, 0.1) is 5.92 Å². The van der Waals surface area contributed by atoms with Gasteiger partial charge in [0.1, 0.15) is 0 Å². The topological polar surface area (TPSA) is 75.7 Å². The van der Waals surface area contributed by atoms with E-state index in [4.69, 9.17) is 4.74 Å². The van der Waals surface area contributed by atoms with Crippen LogP contribution < -0.4 is 5.32 Å². The highest BCUT2D eigenvalue weighted by atomic mass is 32.2. The number of nitrogens with zero attached hydrogens (tertiary/aromatic N) is 1. The van der Waals surface area contributed by atoms with Gasteiger partial charge in [0.05, 0.1) is 12.5 Å². The van der Waals surface area contributed by atoms with E-state index in [1.807, 2.05) is 30.3 Å². The molecule has 1 heterocycles. The second-order valence-electron chi connectivity index (χ2n) is 6.02. The van der Waals surface area contributed by atoms with E-state index in [1.165, 1.54) is 0 Å². The average Bonchev–Trinajstić information content (AvgIpc) is 2.63. The largest absolute Gasteiger partial charge is 0.466 e. The Morgan fingerprint density at radius 2 is 1.92 bits per heavy atom. The first-order valence-electron chi connectivity index (χ1n) is 8.68. The molecular formula is C18H26N2O4S. The molecule has 1 aliphatic rings. The van der Waals surface area contributed by atoms with Crippen LogP contribution in [0.15, 0.2) is 30.3 Å². The molecule has 25 heavy (non-hydrogen) atoms. The van der Waals surface area contributed by atoms with E-state index in [0.29, 0.717) is 50.6 Å². The van der Waals surface area contributed by atoms with Crippen molar-refractivity contribution < 1.29 is 18.5 Å². The number of nitrogens with one attached hydrogen (secondary N) is 1. The maximum Gasteiger partial charge on any atom is 0.317 e. The first-order chi connectivity index (χ1) is 12.1. The molecule has 0 spiro atoms. The second kappa shape index (κ2) is 10.2.